The van der Waals surface area contributed by atoms with E-state index in [0.29, 0.717) is 18.4 Å². The van der Waals surface area contributed by atoms with Crippen LogP contribution in [0.4, 0.5) is 9.18 Å². The summed E-state index contributed by atoms with van der Waals surface area (Å²) in [5, 5.41) is 22.1. The average Bonchev–Trinajstić information content (AvgIpc) is 4.11. The van der Waals surface area contributed by atoms with Gasteiger partial charge in [0.05, 0.1) is 45.8 Å². The SMILES string of the molecule is CC(=O)N1CC[C@H]2CC[C@@H](C(=O)N[C@@H](CCC(N)=O)COc3cc(F)cc(CCCC(=O)N[C@H](C(=O)N4C[C@H](O)C[C@H]4C(=O)N[C@@H](C)c4ccc(-c5scnc5C)cc4)C(C)(C)C)c3Cl)N2C(=O)[C@@H](NC(=O)OC(C)(C)C)C1. The fourth-order valence-corrected chi connectivity index (χ4v) is 11.1. The highest BCUT2D eigenvalue weighted by molar-refractivity contribution is 7.13. The molecule has 3 aliphatic heterocycles. The Morgan fingerprint density at radius 1 is 0.949 bits per heavy atom. The molecule has 2 aromatic carbocycles. The number of nitrogens with two attached hydrogens (primary N) is 1. The summed E-state index contributed by atoms with van der Waals surface area (Å²) in [6.45, 7) is 15.3. The Hall–Kier alpha value is -6.39. The first-order valence-corrected chi connectivity index (χ1v) is 27.7. The van der Waals surface area contributed by atoms with E-state index in [1.165, 1.54) is 27.7 Å². The van der Waals surface area contributed by atoms with E-state index in [1.54, 1.807) is 58.4 Å². The second kappa shape index (κ2) is 26.0. The summed E-state index contributed by atoms with van der Waals surface area (Å²) in [6.07, 6.45) is -0.650. The largest absolute Gasteiger partial charge is 0.490 e. The number of β-amino-alcohol motifs (C(OH)–C–C–N with tert-alkyl or cyclic N) is 1. The summed E-state index contributed by atoms with van der Waals surface area (Å²) in [7, 11) is 0. The number of aromatic nitrogens is 1. The maximum Gasteiger partial charge on any atom is 0.408 e. The zero-order chi connectivity index (χ0) is 57.4. The van der Waals surface area contributed by atoms with E-state index >= 15 is 4.39 Å². The monoisotopic (exact) mass is 1120 g/mol. The predicted molar refractivity (Wildman–Crippen MR) is 290 cm³/mol. The van der Waals surface area contributed by atoms with Gasteiger partial charge in [0.15, 0.2) is 0 Å². The Balaban J connectivity index is 1.06. The van der Waals surface area contributed by atoms with Crippen LogP contribution in [0.3, 0.4) is 0 Å². The number of thiazole rings is 1. The van der Waals surface area contributed by atoms with Gasteiger partial charge in [0.25, 0.3) is 0 Å². The minimum atomic E-state index is -1.22. The average molecular weight is 1120 g/mol. The quantitative estimate of drug-likeness (QED) is 0.0900. The number of nitrogens with one attached hydrogen (secondary N) is 4. The van der Waals surface area contributed by atoms with Crippen LogP contribution >= 0.6 is 22.9 Å². The molecule has 7 N–H and O–H groups in total. The summed E-state index contributed by atoms with van der Waals surface area (Å²) in [4.78, 5) is 117. The molecule has 8 atom stereocenters. The van der Waals surface area contributed by atoms with E-state index < -0.39 is 107 Å². The van der Waals surface area contributed by atoms with Gasteiger partial charge in [0.1, 0.15) is 47.9 Å². The number of aliphatic hydroxyl groups excluding tert-OH is 1. The van der Waals surface area contributed by atoms with Crippen LogP contribution in [0, 0.1) is 18.2 Å². The third-order valence-corrected chi connectivity index (χ3v) is 15.6. The lowest BCUT2D eigenvalue weighted by molar-refractivity contribution is -0.145. The van der Waals surface area contributed by atoms with Crippen molar-refractivity contribution in [3.63, 3.8) is 0 Å². The molecule has 78 heavy (non-hydrogen) atoms. The van der Waals surface area contributed by atoms with Crippen molar-refractivity contribution in [2.75, 3.05) is 26.2 Å². The zero-order valence-electron chi connectivity index (χ0n) is 45.9. The molecule has 6 rings (SSSR count). The zero-order valence-corrected chi connectivity index (χ0v) is 47.5. The summed E-state index contributed by atoms with van der Waals surface area (Å²) in [5.74, 6) is -4.26. The molecular formula is C55H75ClFN9O11S. The van der Waals surface area contributed by atoms with E-state index in [1.807, 2.05) is 38.1 Å². The highest BCUT2D eigenvalue weighted by Gasteiger charge is 2.47. The Morgan fingerprint density at radius 3 is 2.27 bits per heavy atom. The molecule has 0 radical (unpaired) electrons. The van der Waals surface area contributed by atoms with Crippen LogP contribution in [-0.2, 0) is 44.7 Å². The van der Waals surface area contributed by atoms with Crippen molar-refractivity contribution in [1.82, 2.24) is 41.0 Å². The predicted octanol–water partition coefficient (Wildman–Crippen LogP) is 5.24. The number of ether oxygens (including phenoxy) is 2. The van der Waals surface area contributed by atoms with Gasteiger partial charge >= 0.3 is 6.09 Å². The molecule has 0 unspecified atom stereocenters. The van der Waals surface area contributed by atoms with E-state index in [4.69, 9.17) is 26.8 Å². The molecule has 8 amide bonds. The molecule has 0 aliphatic carbocycles. The van der Waals surface area contributed by atoms with E-state index in [2.05, 4.69) is 26.3 Å². The maximum atomic E-state index is 15.3. The molecule has 426 valence electrons. The van der Waals surface area contributed by atoms with Crippen molar-refractivity contribution in [1.29, 1.82) is 0 Å². The third-order valence-electron chi connectivity index (χ3n) is 14.1. The van der Waals surface area contributed by atoms with Gasteiger partial charge in [0.2, 0.25) is 41.4 Å². The fraction of sp³-hybridized carbons (Fsp3) is 0.582. The van der Waals surface area contributed by atoms with Crippen molar-refractivity contribution < 1.29 is 57.3 Å². The number of aliphatic hydroxyl groups is 1. The van der Waals surface area contributed by atoms with Gasteiger partial charge in [-0.2, -0.15) is 0 Å². The lowest BCUT2D eigenvalue weighted by Gasteiger charge is -2.38. The first-order chi connectivity index (χ1) is 36.6. The topological polar surface area (TPSA) is 272 Å². The van der Waals surface area contributed by atoms with Crippen LogP contribution in [0.1, 0.15) is 130 Å². The van der Waals surface area contributed by atoms with Gasteiger partial charge in [-0.05, 0) is 101 Å². The number of rotatable bonds is 19. The number of benzene rings is 2. The normalized spacial score (nSPS) is 20.8. The first-order valence-electron chi connectivity index (χ1n) is 26.4. The number of aryl methyl sites for hydroxylation is 2. The Morgan fingerprint density at radius 2 is 1.64 bits per heavy atom. The molecule has 0 spiro atoms. The molecule has 0 saturated carbocycles. The summed E-state index contributed by atoms with van der Waals surface area (Å²) in [6, 6.07) is 4.08. The van der Waals surface area contributed by atoms with Crippen LogP contribution in [0.15, 0.2) is 41.9 Å². The second-order valence-electron chi connectivity index (χ2n) is 22.6. The van der Waals surface area contributed by atoms with Gasteiger partial charge in [0, 0.05) is 51.4 Å². The highest BCUT2D eigenvalue weighted by atomic mass is 35.5. The second-order valence-corrected chi connectivity index (χ2v) is 23.8. The Kier molecular flexibility index (Phi) is 20.3. The van der Waals surface area contributed by atoms with Crippen molar-refractivity contribution >= 4 is 70.4 Å². The number of amides is 8. The maximum absolute atomic E-state index is 15.3. The highest BCUT2D eigenvalue weighted by Crippen LogP contribution is 2.34. The molecular weight excluding hydrogens is 1050 g/mol. The number of nitrogens with zero attached hydrogens (tertiary/aromatic N) is 4. The molecule has 1 aromatic heterocycles. The van der Waals surface area contributed by atoms with Crippen LogP contribution in [-0.4, -0.2) is 146 Å². The van der Waals surface area contributed by atoms with Crippen molar-refractivity contribution in [3.05, 3.63) is 69.6 Å². The number of alkyl carbamates (subject to hydrolysis) is 1. The third kappa shape index (κ3) is 16.1. The fourth-order valence-electron chi connectivity index (χ4n) is 10.1. The number of hydrogen-bond donors (Lipinski definition) is 6. The number of halogens is 2. The lowest BCUT2D eigenvalue weighted by Crippen LogP contribution is -2.61. The standard InChI is InChI=1S/C55H75ClFN9O11S/c1-30(33-13-15-34(16-14-33)47-31(2)59-29-78-47)60-50(72)42-25-39(68)26-65(42)52(74)48(54(4,5)6)63-45(70)12-10-11-35-23-36(57)24-43(46(35)56)76-28-37(17-20-44(58)69)61-49(71)41-19-18-38-21-22-64(32(3)67)27-40(51(73)66(38)41)62-53(75)77-55(7,8)9/h13-16,23-24,29-30,37-42,48,68H,10-12,17-22,25-28H2,1-9H3,(H2,58,69)(H,60,72)(H,61,71)(H,62,75)(H,63,70)/t30-,37-,38+,39+,40-,41-,42-,48+/m0/s1. The Labute approximate surface area is 464 Å². The molecule has 20 nitrogen and oxygen atoms in total. The minimum absolute atomic E-state index is 0.0179. The van der Waals surface area contributed by atoms with Crippen LogP contribution in [0.5, 0.6) is 5.75 Å². The van der Waals surface area contributed by atoms with Crippen molar-refractivity contribution in [2.24, 2.45) is 11.1 Å². The molecule has 3 aromatic rings. The smallest absolute Gasteiger partial charge is 0.408 e. The number of carbonyl (C=O) groups excluding carboxylic acids is 8. The van der Waals surface area contributed by atoms with Crippen LogP contribution in [0.25, 0.3) is 10.4 Å². The summed E-state index contributed by atoms with van der Waals surface area (Å²) < 4.78 is 26.7. The number of primary amides is 1. The Bertz CT molecular complexity index is 2700. The lowest BCUT2D eigenvalue weighted by atomic mass is 9.85. The molecule has 3 saturated heterocycles. The van der Waals surface area contributed by atoms with Gasteiger partial charge in [-0.25, -0.2) is 14.2 Å². The van der Waals surface area contributed by atoms with Gasteiger partial charge in [-0.1, -0.05) is 56.6 Å². The summed E-state index contributed by atoms with van der Waals surface area (Å²) >= 11 is 8.33. The minimum Gasteiger partial charge on any atom is -0.490 e. The van der Waals surface area contributed by atoms with Crippen LogP contribution in [0.2, 0.25) is 5.02 Å². The van der Waals surface area contributed by atoms with Gasteiger partial charge in [-0.3, -0.25) is 33.6 Å². The molecule has 23 heteroatoms. The van der Waals surface area contributed by atoms with Crippen LogP contribution < -0.4 is 31.7 Å². The number of hydrogen-bond acceptors (Lipinski definition) is 13. The molecule has 3 aliphatic rings. The van der Waals surface area contributed by atoms with Crippen molar-refractivity contribution in [3.8, 4) is 16.2 Å². The first kappa shape index (κ1) is 60.8. The van der Waals surface area contributed by atoms with Gasteiger partial charge < -0.3 is 56.3 Å². The number of likely N-dealkylation sites (tertiary alicyclic amines) is 1. The van der Waals surface area contributed by atoms with Gasteiger partial charge in [-0.15, -0.1) is 11.3 Å². The number of fused-ring (bicyclic) bond motifs is 1. The van der Waals surface area contributed by atoms with E-state index in [9.17, 15) is 43.5 Å². The van der Waals surface area contributed by atoms with E-state index in [0.717, 1.165) is 27.8 Å². The van der Waals surface area contributed by atoms with Crippen molar-refractivity contribution in [2.45, 2.75) is 174 Å². The number of carbonyl (C=O) groups is 8. The molecule has 4 heterocycles. The molecule has 3 fully saturated rings. The summed E-state index contributed by atoms with van der Waals surface area (Å²) in [5.41, 5.74) is 8.69. The molecule has 0 bridgehead atoms. The van der Waals surface area contributed by atoms with E-state index in [-0.39, 0.29) is 87.9 Å².